The molecule has 25 heavy (non-hydrogen) atoms. The van der Waals surface area contributed by atoms with Crippen LogP contribution in [0.25, 0.3) is 0 Å². The molecule has 0 aliphatic heterocycles. The quantitative estimate of drug-likeness (QED) is 0.750. The molecule has 0 spiro atoms. The van der Waals surface area contributed by atoms with Gasteiger partial charge in [-0.3, -0.25) is 14.4 Å². The number of ether oxygens (including phenoxy) is 1. The number of benzene rings is 2. The fraction of sp³-hybridized carbons (Fsp3) is 0.211. The van der Waals surface area contributed by atoms with Crippen molar-refractivity contribution in [1.82, 2.24) is 10.6 Å². The molecule has 0 fully saturated rings. The Hall–Kier alpha value is -3.15. The molecule has 2 rings (SSSR count). The molecule has 6 heteroatoms. The molecule has 0 heterocycles. The van der Waals surface area contributed by atoms with Gasteiger partial charge in [-0.15, -0.1) is 0 Å². The first-order chi connectivity index (χ1) is 12.1. The van der Waals surface area contributed by atoms with Crippen molar-refractivity contribution < 1.29 is 19.1 Å². The molecule has 0 atom stereocenters. The summed E-state index contributed by atoms with van der Waals surface area (Å²) in [6.45, 7) is 1.52. The van der Waals surface area contributed by atoms with Gasteiger partial charge in [0.1, 0.15) is 13.2 Å². The zero-order chi connectivity index (χ0) is 18.1. The fourth-order valence-corrected chi connectivity index (χ4v) is 2.11. The maximum atomic E-state index is 12.0. The molecule has 0 radical (unpaired) electrons. The average Bonchev–Trinajstić information content (AvgIpc) is 2.64. The Balaban J connectivity index is 1.67. The molecule has 0 bridgehead atoms. The lowest BCUT2D eigenvalue weighted by Gasteiger charge is -2.09. The minimum absolute atomic E-state index is 0.152. The van der Waals surface area contributed by atoms with Crippen molar-refractivity contribution in [1.29, 1.82) is 0 Å². The molecule has 2 amide bonds. The van der Waals surface area contributed by atoms with Gasteiger partial charge in [-0.1, -0.05) is 48.5 Å². The standard InChI is InChI=1S/C19H20N2O4/c1-14-7-5-6-10-16(14)19(24)21-11-17(22)20-12-18(23)25-13-15-8-3-2-4-9-15/h2-10H,11-13H2,1H3,(H,20,22)(H,21,24). The molecule has 0 aromatic heterocycles. The van der Waals surface area contributed by atoms with E-state index in [1.807, 2.05) is 49.4 Å². The lowest BCUT2D eigenvalue weighted by molar-refractivity contribution is -0.145. The Labute approximate surface area is 146 Å². The minimum atomic E-state index is -0.539. The third kappa shape index (κ3) is 6.10. The molecule has 2 aromatic carbocycles. The van der Waals surface area contributed by atoms with E-state index in [1.165, 1.54) is 0 Å². The number of hydrogen-bond donors (Lipinski definition) is 2. The van der Waals surface area contributed by atoms with Crippen molar-refractivity contribution in [2.45, 2.75) is 13.5 Å². The third-order valence-electron chi connectivity index (χ3n) is 3.47. The van der Waals surface area contributed by atoms with Gasteiger partial charge in [0.25, 0.3) is 5.91 Å². The largest absolute Gasteiger partial charge is 0.460 e. The zero-order valence-electron chi connectivity index (χ0n) is 14.0. The lowest BCUT2D eigenvalue weighted by Crippen LogP contribution is -2.39. The summed E-state index contributed by atoms with van der Waals surface area (Å²) >= 11 is 0. The van der Waals surface area contributed by atoms with Crippen molar-refractivity contribution in [2.24, 2.45) is 0 Å². The Morgan fingerprint density at radius 1 is 0.880 bits per heavy atom. The summed E-state index contributed by atoms with van der Waals surface area (Å²) in [5, 5.41) is 4.93. The van der Waals surface area contributed by atoms with Crippen LogP contribution in [0.1, 0.15) is 21.5 Å². The van der Waals surface area contributed by atoms with E-state index in [4.69, 9.17) is 4.74 Å². The number of carbonyl (C=O) groups excluding carboxylic acids is 3. The van der Waals surface area contributed by atoms with Gasteiger partial charge in [-0.25, -0.2) is 0 Å². The predicted octanol–water partition coefficient (Wildman–Crippen LogP) is 1.58. The smallest absolute Gasteiger partial charge is 0.325 e. The van der Waals surface area contributed by atoms with E-state index in [0.717, 1.165) is 11.1 Å². The molecule has 2 N–H and O–H groups in total. The molecule has 0 aliphatic rings. The molecule has 0 unspecified atom stereocenters. The van der Waals surface area contributed by atoms with Gasteiger partial charge >= 0.3 is 5.97 Å². The Morgan fingerprint density at radius 2 is 1.56 bits per heavy atom. The second-order valence-corrected chi connectivity index (χ2v) is 5.42. The van der Waals surface area contributed by atoms with Crippen LogP contribution in [0.4, 0.5) is 0 Å². The van der Waals surface area contributed by atoms with E-state index in [1.54, 1.807) is 12.1 Å². The zero-order valence-corrected chi connectivity index (χ0v) is 14.0. The van der Waals surface area contributed by atoms with E-state index in [2.05, 4.69) is 10.6 Å². The molecule has 6 nitrogen and oxygen atoms in total. The minimum Gasteiger partial charge on any atom is -0.460 e. The summed E-state index contributed by atoms with van der Waals surface area (Å²) in [6.07, 6.45) is 0. The third-order valence-corrected chi connectivity index (χ3v) is 3.47. The van der Waals surface area contributed by atoms with Gasteiger partial charge in [-0.2, -0.15) is 0 Å². The number of aryl methyl sites for hydroxylation is 1. The highest BCUT2D eigenvalue weighted by molar-refractivity contribution is 5.97. The number of carbonyl (C=O) groups is 3. The Kier molecular flexibility index (Phi) is 6.71. The summed E-state index contributed by atoms with van der Waals surface area (Å²) in [4.78, 5) is 35.3. The highest BCUT2D eigenvalue weighted by atomic mass is 16.5. The fourth-order valence-electron chi connectivity index (χ4n) is 2.11. The first kappa shape index (κ1) is 18.2. The summed E-state index contributed by atoms with van der Waals surface area (Å²) in [5.41, 5.74) is 2.20. The predicted molar refractivity (Wildman–Crippen MR) is 92.8 cm³/mol. The summed E-state index contributed by atoms with van der Waals surface area (Å²) < 4.78 is 5.05. The van der Waals surface area contributed by atoms with Crippen LogP contribution >= 0.6 is 0 Å². The van der Waals surface area contributed by atoms with Crippen molar-refractivity contribution in [3.63, 3.8) is 0 Å². The van der Waals surface area contributed by atoms with Crippen LogP contribution in [0.2, 0.25) is 0 Å². The van der Waals surface area contributed by atoms with Crippen LogP contribution in [0, 0.1) is 6.92 Å². The SMILES string of the molecule is Cc1ccccc1C(=O)NCC(=O)NCC(=O)OCc1ccccc1. The van der Waals surface area contributed by atoms with Gasteiger partial charge in [-0.05, 0) is 24.1 Å². The lowest BCUT2D eigenvalue weighted by atomic mass is 10.1. The first-order valence-corrected chi connectivity index (χ1v) is 7.86. The van der Waals surface area contributed by atoms with Gasteiger partial charge in [0, 0.05) is 5.56 Å². The molecule has 0 saturated heterocycles. The number of esters is 1. The van der Waals surface area contributed by atoms with E-state index in [0.29, 0.717) is 5.56 Å². The van der Waals surface area contributed by atoms with Crippen molar-refractivity contribution in [2.75, 3.05) is 13.1 Å². The second kappa shape index (κ2) is 9.22. The monoisotopic (exact) mass is 340 g/mol. The van der Waals surface area contributed by atoms with Crippen LogP contribution in [0.15, 0.2) is 54.6 Å². The van der Waals surface area contributed by atoms with E-state index in [9.17, 15) is 14.4 Å². The van der Waals surface area contributed by atoms with Crippen molar-refractivity contribution in [3.05, 3.63) is 71.3 Å². The molecule has 130 valence electrons. The molecular weight excluding hydrogens is 320 g/mol. The number of rotatable bonds is 7. The summed E-state index contributed by atoms with van der Waals surface area (Å²) in [6, 6.07) is 16.3. The normalized spacial score (nSPS) is 9.96. The van der Waals surface area contributed by atoms with Crippen molar-refractivity contribution in [3.8, 4) is 0 Å². The Morgan fingerprint density at radius 3 is 2.28 bits per heavy atom. The maximum absolute atomic E-state index is 12.0. The van der Waals surface area contributed by atoms with Gasteiger partial charge in [0.15, 0.2) is 0 Å². The molecule has 0 aliphatic carbocycles. The van der Waals surface area contributed by atoms with Gasteiger partial charge < -0.3 is 15.4 Å². The Bertz CT molecular complexity index is 744. The van der Waals surface area contributed by atoms with E-state index < -0.39 is 11.9 Å². The highest BCUT2D eigenvalue weighted by Gasteiger charge is 2.11. The second-order valence-electron chi connectivity index (χ2n) is 5.42. The summed E-state index contributed by atoms with van der Waals surface area (Å²) in [7, 11) is 0. The van der Waals surface area contributed by atoms with Gasteiger partial charge in [0.2, 0.25) is 5.91 Å². The molecular formula is C19H20N2O4. The molecule has 2 aromatic rings. The molecule has 0 saturated carbocycles. The van der Waals surface area contributed by atoms with E-state index >= 15 is 0 Å². The number of hydrogen-bond acceptors (Lipinski definition) is 4. The average molecular weight is 340 g/mol. The van der Waals surface area contributed by atoms with Crippen molar-refractivity contribution >= 4 is 17.8 Å². The highest BCUT2D eigenvalue weighted by Crippen LogP contribution is 2.06. The van der Waals surface area contributed by atoms with Crippen LogP contribution < -0.4 is 10.6 Å². The number of amides is 2. The maximum Gasteiger partial charge on any atom is 0.325 e. The van der Waals surface area contributed by atoms with Crippen LogP contribution in [0.3, 0.4) is 0 Å². The summed E-state index contributed by atoms with van der Waals surface area (Å²) in [5.74, 6) is -1.33. The first-order valence-electron chi connectivity index (χ1n) is 7.86. The van der Waals surface area contributed by atoms with Crippen LogP contribution in [-0.4, -0.2) is 30.9 Å². The number of nitrogens with one attached hydrogen (secondary N) is 2. The van der Waals surface area contributed by atoms with Crippen LogP contribution in [0.5, 0.6) is 0 Å². The van der Waals surface area contributed by atoms with E-state index in [-0.39, 0.29) is 25.6 Å². The van der Waals surface area contributed by atoms with Crippen LogP contribution in [-0.2, 0) is 20.9 Å². The topological polar surface area (TPSA) is 84.5 Å². The van der Waals surface area contributed by atoms with Gasteiger partial charge in [0.05, 0.1) is 6.54 Å².